The van der Waals surface area contributed by atoms with Crippen molar-refractivity contribution in [1.29, 1.82) is 0 Å². The van der Waals surface area contributed by atoms with Gasteiger partial charge in [0.25, 0.3) is 0 Å². The third kappa shape index (κ3) is 3.30. The van der Waals surface area contributed by atoms with E-state index in [-0.39, 0.29) is 11.8 Å². The van der Waals surface area contributed by atoms with Crippen molar-refractivity contribution in [3.63, 3.8) is 0 Å². The number of rotatable bonds is 4. The van der Waals surface area contributed by atoms with E-state index < -0.39 is 0 Å². The molecule has 0 saturated carbocycles. The lowest BCUT2D eigenvalue weighted by Crippen LogP contribution is -2.22. The minimum absolute atomic E-state index is 0.0583. The zero-order chi connectivity index (χ0) is 12.1. The van der Waals surface area contributed by atoms with Crippen molar-refractivity contribution in [2.75, 3.05) is 5.32 Å². The van der Waals surface area contributed by atoms with Gasteiger partial charge in [0.1, 0.15) is 5.82 Å². The molecule has 1 N–H and O–H groups in total. The summed E-state index contributed by atoms with van der Waals surface area (Å²) in [6, 6.07) is 1.94. The van der Waals surface area contributed by atoms with E-state index in [0.29, 0.717) is 5.82 Å². The predicted molar refractivity (Wildman–Crippen MR) is 69.4 cm³/mol. The molecule has 1 heterocycles. The van der Waals surface area contributed by atoms with E-state index in [0.717, 1.165) is 22.9 Å². The number of pyridine rings is 1. The minimum atomic E-state index is 0.0583. The van der Waals surface area contributed by atoms with E-state index >= 15 is 0 Å². The van der Waals surface area contributed by atoms with Crippen LogP contribution in [0.1, 0.15) is 32.3 Å². The number of nitrogens with one attached hydrogen (secondary N) is 1. The maximum absolute atomic E-state index is 11.8. The van der Waals surface area contributed by atoms with Crippen molar-refractivity contribution in [3.05, 3.63) is 22.3 Å². The van der Waals surface area contributed by atoms with Gasteiger partial charge in [0.2, 0.25) is 5.91 Å². The van der Waals surface area contributed by atoms with Crippen molar-refractivity contribution in [2.24, 2.45) is 5.92 Å². The van der Waals surface area contributed by atoms with Crippen LogP contribution < -0.4 is 5.32 Å². The first-order chi connectivity index (χ1) is 7.58. The van der Waals surface area contributed by atoms with Gasteiger partial charge in [-0.15, -0.1) is 0 Å². The maximum Gasteiger partial charge on any atom is 0.228 e. The van der Waals surface area contributed by atoms with E-state index in [1.807, 2.05) is 26.8 Å². The Bertz CT molecular complexity index is 375. The molecule has 0 radical (unpaired) electrons. The quantitative estimate of drug-likeness (QED) is 0.919. The smallest absolute Gasteiger partial charge is 0.228 e. The lowest BCUT2D eigenvalue weighted by molar-refractivity contribution is -0.120. The molecule has 0 saturated heterocycles. The summed E-state index contributed by atoms with van der Waals surface area (Å²) in [6.07, 6.45) is 3.41. The highest BCUT2D eigenvalue weighted by atomic mass is 79.9. The van der Waals surface area contributed by atoms with Crippen molar-refractivity contribution >= 4 is 27.7 Å². The summed E-state index contributed by atoms with van der Waals surface area (Å²) in [7, 11) is 0. The van der Waals surface area contributed by atoms with E-state index in [1.54, 1.807) is 6.20 Å². The van der Waals surface area contributed by atoms with Crippen molar-refractivity contribution in [2.45, 2.75) is 33.6 Å². The van der Waals surface area contributed by atoms with Gasteiger partial charge in [0.15, 0.2) is 0 Å². The Hall–Kier alpha value is -0.900. The van der Waals surface area contributed by atoms with Crippen LogP contribution in [0.2, 0.25) is 0 Å². The summed E-state index contributed by atoms with van der Waals surface area (Å²) in [5.41, 5.74) is 0.966. The highest BCUT2D eigenvalue weighted by molar-refractivity contribution is 9.10. The van der Waals surface area contributed by atoms with E-state index in [9.17, 15) is 4.79 Å². The second kappa shape index (κ2) is 5.99. The first kappa shape index (κ1) is 13.2. The molecular weight excluding hydrogens is 268 g/mol. The van der Waals surface area contributed by atoms with Crippen LogP contribution in [0, 0.1) is 12.8 Å². The third-order valence-corrected chi connectivity index (χ3v) is 3.08. The number of nitrogens with zero attached hydrogens (tertiary/aromatic N) is 1. The van der Waals surface area contributed by atoms with E-state index in [4.69, 9.17) is 0 Å². The second-order valence-electron chi connectivity index (χ2n) is 3.82. The molecule has 0 aromatic carbocycles. The van der Waals surface area contributed by atoms with Crippen molar-refractivity contribution in [1.82, 2.24) is 4.98 Å². The molecule has 16 heavy (non-hydrogen) atoms. The van der Waals surface area contributed by atoms with Gasteiger partial charge in [0, 0.05) is 16.6 Å². The monoisotopic (exact) mass is 284 g/mol. The number of hydrogen-bond donors (Lipinski definition) is 1. The van der Waals surface area contributed by atoms with E-state index in [1.165, 1.54) is 0 Å². The molecule has 0 aliphatic carbocycles. The van der Waals surface area contributed by atoms with Gasteiger partial charge in [0.05, 0.1) is 0 Å². The molecule has 3 nitrogen and oxygen atoms in total. The number of aromatic nitrogens is 1. The standard InChI is InChI=1S/C12H17BrN2O/c1-4-9(5-2)12(16)15-11-8(3)6-10(13)7-14-11/h6-7,9H,4-5H2,1-3H3,(H,14,15,16). The van der Waals surface area contributed by atoms with Crippen LogP contribution >= 0.6 is 15.9 Å². The van der Waals surface area contributed by atoms with Crippen molar-refractivity contribution in [3.8, 4) is 0 Å². The maximum atomic E-state index is 11.8. The predicted octanol–water partition coefficient (Wildman–Crippen LogP) is 3.53. The fourth-order valence-corrected chi connectivity index (χ4v) is 2.00. The van der Waals surface area contributed by atoms with Gasteiger partial charge >= 0.3 is 0 Å². The molecule has 0 unspecified atom stereocenters. The van der Waals surface area contributed by atoms with Crippen LogP contribution in [0.15, 0.2) is 16.7 Å². The van der Waals surface area contributed by atoms with E-state index in [2.05, 4.69) is 26.2 Å². The van der Waals surface area contributed by atoms with Crippen molar-refractivity contribution < 1.29 is 4.79 Å². The van der Waals surface area contributed by atoms with Crippen LogP contribution in [0.4, 0.5) is 5.82 Å². The Morgan fingerprint density at radius 2 is 2.12 bits per heavy atom. The molecule has 1 amide bonds. The van der Waals surface area contributed by atoms with Crippen LogP contribution in [0.3, 0.4) is 0 Å². The molecule has 0 aliphatic rings. The summed E-state index contributed by atoms with van der Waals surface area (Å²) in [5, 5.41) is 2.87. The fourth-order valence-electron chi connectivity index (χ4n) is 1.55. The Labute approximate surface area is 105 Å². The summed E-state index contributed by atoms with van der Waals surface area (Å²) in [5.74, 6) is 0.785. The summed E-state index contributed by atoms with van der Waals surface area (Å²) >= 11 is 3.34. The number of hydrogen-bond acceptors (Lipinski definition) is 2. The van der Waals surface area contributed by atoms with Gasteiger partial charge < -0.3 is 5.32 Å². The molecule has 4 heteroatoms. The van der Waals surface area contributed by atoms with Gasteiger partial charge in [-0.2, -0.15) is 0 Å². The zero-order valence-corrected chi connectivity index (χ0v) is 11.5. The molecule has 0 atom stereocenters. The average molecular weight is 285 g/mol. The molecule has 88 valence electrons. The lowest BCUT2D eigenvalue weighted by Gasteiger charge is -2.13. The highest BCUT2D eigenvalue weighted by Gasteiger charge is 2.15. The van der Waals surface area contributed by atoms with Crippen LogP contribution in [-0.2, 0) is 4.79 Å². The molecule has 1 aromatic heterocycles. The van der Waals surface area contributed by atoms with Crippen LogP contribution in [-0.4, -0.2) is 10.9 Å². The Morgan fingerprint density at radius 1 is 1.50 bits per heavy atom. The number of anilines is 1. The largest absolute Gasteiger partial charge is 0.310 e. The van der Waals surface area contributed by atoms with Crippen LogP contribution in [0.5, 0.6) is 0 Å². The van der Waals surface area contributed by atoms with Crippen LogP contribution in [0.25, 0.3) is 0 Å². The fraction of sp³-hybridized carbons (Fsp3) is 0.500. The molecular formula is C12H17BrN2O. The number of amides is 1. The third-order valence-electron chi connectivity index (χ3n) is 2.64. The molecule has 1 aromatic rings. The average Bonchev–Trinajstić information content (AvgIpc) is 2.24. The minimum Gasteiger partial charge on any atom is -0.310 e. The summed E-state index contributed by atoms with van der Waals surface area (Å²) in [6.45, 7) is 5.98. The van der Waals surface area contributed by atoms with Gasteiger partial charge in [-0.1, -0.05) is 13.8 Å². The number of carbonyl (C=O) groups excluding carboxylic acids is 1. The molecule has 0 fully saturated rings. The molecule has 0 aliphatic heterocycles. The molecule has 0 spiro atoms. The van der Waals surface area contributed by atoms with Gasteiger partial charge in [-0.05, 0) is 47.3 Å². The number of aryl methyl sites for hydroxylation is 1. The Balaban J connectivity index is 2.76. The Morgan fingerprint density at radius 3 is 2.62 bits per heavy atom. The Kier molecular flexibility index (Phi) is 4.93. The SMILES string of the molecule is CCC(CC)C(=O)Nc1ncc(Br)cc1C. The first-order valence-electron chi connectivity index (χ1n) is 5.51. The topological polar surface area (TPSA) is 42.0 Å². The second-order valence-corrected chi connectivity index (χ2v) is 4.74. The van der Waals surface area contributed by atoms with Gasteiger partial charge in [-0.3, -0.25) is 4.79 Å². The first-order valence-corrected chi connectivity index (χ1v) is 6.30. The molecule has 0 bridgehead atoms. The lowest BCUT2D eigenvalue weighted by atomic mass is 10.0. The summed E-state index contributed by atoms with van der Waals surface area (Å²) in [4.78, 5) is 16.0. The summed E-state index contributed by atoms with van der Waals surface area (Å²) < 4.78 is 0.922. The highest BCUT2D eigenvalue weighted by Crippen LogP contribution is 2.18. The number of carbonyl (C=O) groups is 1. The normalized spacial score (nSPS) is 10.6. The zero-order valence-electron chi connectivity index (χ0n) is 9.88. The van der Waals surface area contributed by atoms with Gasteiger partial charge in [-0.25, -0.2) is 4.98 Å². The molecule has 1 rings (SSSR count). The number of halogens is 1.